The van der Waals surface area contributed by atoms with Crippen LogP contribution in [0.25, 0.3) is 11.2 Å². The highest BCUT2D eigenvalue weighted by Gasteiger charge is 2.40. The average Bonchev–Trinajstić information content (AvgIpc) is 3.14. The third-order valence-corrected chi connectivity index (χ3v) is 5.72. The van der Waals surface area contributed by atoms with Gasteiger partial charge in [-0.3, -0.25) is 4.57 Å². The molecule has 0 saturated carbocycles. The first-order chi connectivity index (χ1) is 14.8. The number of aromatic nitrogens is 4. The van der Waals surface area contributed by atoms with Gasteiger partial charge in [0.25, 0.3) is 0 Å². The number of aliphatic hydroxyl groups excluding tert-OH is 1. The van der Waals surface area contributed by atoms with Crippen molar-refractivity contribution < 1.29 is 23.8 Å². The highest BCUT2D eigenvalue weighted by atomic mass is 31.2. The van der Waals surface area contributed by atoms with Crippen molar-refractivity contribution >= 4 is 38.3 Å². The molecule has 3 aromatic rings. The van der Waals surface area contributed by atoms with Crippen molar-refractivity contribution in [2.75, 3.05) is 24.3 Å². The van der Waals surface area contributed by atoms with E-state index in [1.54, 1.807) is 11.5 Å². The van der Waals surface area contributed by atoms with Crippen molar-refractivity contribution in [3.63, 3.8) is 0 Å². The van der Waals surface area contributed by atoms with Crippen LogP contribution in [-0.4, -0.2) is 62.5 Å². The molecule has 2 aromatic heterocycles. The molecule has 3 heterocycles. The van der Waals surface area contributed by atoms with Crippen LogP contribution in [0.1, 0.15) is 18.7 Å². The summed E-state index contributed by atoms with van der Waals surface area (Å²) in [5.74, 6) is 0.569. The molecule has 0 spiro atoms. The molecule has 1 aliphatic heterocycles. The number of nitrogens with zero attached hydrogens (tertiary/aromatic N) is 4. The van der Waals surface area contributed by atoms with E-state index >= 15 is 0 Å². The minimum absolute atomic E-state index is 0.0273. The number of rotatable bonds is 4. The molecule has 1 aliphatic rings. The number of aliphatic hydroxyl groups is 1. The molecule has 1 fully saturated rings. The van der Waals surface area contributed by atoms with Gasteiger partial charge >= 0.3 is 15.4 Å². The summed E-state index contributed by atoms with van der Waals surface area (Å²) in [6, 6.07) is 9.74. The van der Waals surface area contributed by atoms with Crippen LogP contribution in [0.3, 0.4) is 0 Å². The van der Waals surface area contributed by atoms with Crippen LogP contribution in [0.15, 0.2) is 36.7 Å². The van der Waals surface area contributed by atoms with Crippen LogP contribution in [-0.2, 0) is 20.3 Å². The maximum atomic E-state index is 10.9. The van der Waals surface area contributed by atoms with Gasteiger partial charge in [-0.2, -0.15) is 9.05 Å². The molecule has 162 valence electrons. The van der Waals surface area contributed by atoms with Crippen molar-refractivity contribution in [3.8, 4) is 0 Å². The zero-order valence-corrected chi connectivity index (χ0v) is 17.7. The molecule has 2 radical (unpaired) electrons. The first kappa shape index (κ1) is 21.9. The number of hydrogen-bond donors (Lipinski definition) is 4. The lowest BCUT2D eigenvalue weighted by molar-refractivity contribution is -0.119. The average molecular weight is 445 g/mol. The Balaban J connectivity index is 1.73. The number of imidazole rings is 1. The zero-order valence-electron chi connectivity index (χ0n) is 16.8. The second-order valence-electron chi connectivity index (χ2n) is 7.14. The smallest absolute Gasteiger partial charge is 0.386 e. The number of nitrogen functional groups attached to an aromatic ring is 1. The maximum Gasteiger partial charge on any atom is 0.488 e. The predicted octanol–water partition coefficient (Wildman–Crippen LogP) is 1.17. The predicted molar refractivity (Wildman–Crippen MR) is 116 cm³/mol. The second-order valence-corrected chi connectivity index (χ2v) is 8.78. The fraction of sp³-hybridized carbons (Fsp3) is 0.389. The third-order valence-electron chi connectivity index (χ3n) is 4.68. The van der Waals surface area contributed by atoms with E-state index in [9.17, 15) is 10.00 Å². The first-order valence-electron chi connectivity index (χ1n) is 9.63. The fourth-order valence-electron chi connectivity index (χ4n) is 3.18. The van der Waals surface area contributed by atoms with Crippen molar-refractivity contribution in [2.45, 2.75) is 31.9 Å². The highest BCUT2D eigenvalue weighted by molar-refractivity contribution is 7.85. The zero-order chi connectivity index (χ0) is 22.0. The lowest BCUT2D eigenvalue weighted by Crippen LogP contribution is -2.33. The molecule has 1 aromatic carbocycles. The normalized spacial score (nSPS) is 27.4. The van der Waals surface area contributed by atoms with Crippen molar-refractivity contribution in [1.29, 1.82) is 0 Å². The van der Waals surface area contributed by atoms with E-state index in [1.165, 1.54) is 6.33 Å². The van der Waals surface area contributed by atoms with Gasteiger partial charge in [-0.05, 0) is 12.5 Å². The highest BCUT2D eigenvalue weighted by Crippen LogP contribution is 2.52. The standard InChI is InChI=1S/C18H23BN6O5P/c1-11-8-28-31(19,27)29-9-13(26)17(30-11)25-16-14(15(20)22-10-23-16)24-18(25)21-7-12-5-3-2-4-6-12/h2-6,10-11,13,17,26-27H,7-9H2,1H3,(H,21,24)(H2,20,22,23)/q+1/t11-,13-,17+,31?/m0/s1. The van der Waals surface area contributed by atoms with Gasteiger partial charge in [0, 0.05) is 6.54 Å². The van der Waals surface area contributed by atoms with E-state index in [4.69, 9.17) is 27.1 Å². The Morgan fingerprint density at radius 2 is 2.00 bits per heavy atom. The van der Waals surface area contributed by atoms with E-state index in [0.717, 1.165) is 5.56 Å². The summed E-state index contributed by atoms with van der Waals surface area (Å²) < 4.78 is 18.1. The molecule has 11 nitrogen and oxygen atoms in total. The third kappa shape index (κ3) is 4.95. The molecule has 0 bridgehead atoms. The van der Waals surface area contributed by atoms with E-state index < -0.39 is 26.3 Å². The monoisotopic (exact) mass is 445 g/mol. The molecule has 0 aliphatic carbocycles. The van der Waals surface area contributed by atoms with E-state index in [-0.39, 0.29) is 19.0 Å². The van der Waals surface area contributed by atoms with Crippen LogP contribution in [0.4, 0.5) is 11.8 Å². The van der Waals surface area contributed by atoms with Crippen molar-refractivity contribution in [3.05, 3.63) is 42.2 Å². The van der Waals surface area contributed by atoms with E-state index in [2.05, 4.69) is 20.3 Å². The Kier molecular flexibility index (Phi) is 6.38. The van der Waals surface area contributed by atoms with Crippen molar-refractivity contribution in [1.82, 2.24) is 19.5 Å². The molecular formula is C18H23BN6O5P+. The Labute approximate surface area is 180 Å². The van der Waals surface area contributed by atoms with Crippen molar-refractivity contribution in [2.24, 2.45) is 0 Å². The fourth-order valence-corrected chi connectivity index (χ4v) is 4.05. The number of benzene rings is 1. The van der Waals surface area contributed by atoms with E-state index in [1.807, 2.05) is 30.3 Å². The minimum atomic E-state index is -3.56. The Morgan fingerprint density at radius 3 is 2.77 bits per heavy atom. The lowest BCUT2D eigenvalue weighted by Gasteiger charge is -2.27. The number of ether oxygens (including phenoxy) is 1. The number of hydrogen-bond acceptors (Lipinski definition) is 10. The summed E-state index contributed by atoms with van der Waals surface area (Å²) in [4.78, 5) is 22.9. The topological polar surface area (TPSA) is 150 Å². The SMILES string of the molecule is [B][P+]1(O)OC[C@H](C)O[C@@H](n2c(NCc3ccccc3)nc3c(N)ncnc32)[C@@H](O)CO1. The number of fused-ring (bicyclic) bond motifs is 1. The molecule has 4 atom stereocenters. The Hall–Kier alpha value is -2.34. The molecule has 1 saturated heterocycles. The summed E-state index contributed by atoms with van der Waals surface area (Å²) >= 11 is 0. The van der Waals surface area contributed by atoms with Gasteiger partial charge in [0.15, 0.2) is 23.2 Å². The van der Waals surface area contributed by atoms with Crippen LogP contribution >= 0.6 is 7.82 Å². The largest absolute Gasteiger partial charge is 0.488 e. The van der Waals surface area contributed by atoms with Gasteiger partial charge in [0.1, 0.15) is 25.6 Å². The Morgan fingerprint density at radius 1 is 1.26 bits per heavy atom. The molecular weight excluding hydrogens is 422 g/mol. The lowest BCUT2D eigenvalue weighted by atomic mass is 10.2. The quantitative estimate of drug-likeness (QED) is 0.341. The molecule has 4 rings (SSSR count). The Bertz CT molecular complexity index is 1040. The molecule has 31 heavy (non-hydrogen) atoms. The summed E-state index contributed by atoms with van der Waals surface area (Å²) in [5, 5.41) is 14.1. The first-order valence-corrected chi connectivity index (χ1v) is 11.3. The summed E-state index contributed by atoms with van der Waals surface area (Å²) in [6.07, 6.45) is -1.42. The van der Waals surface area contributed by atoms with E-state index in [0.29, 0.717) is 23.7 Å². The number of nitrogens with one attached hydrogen (secondary N) is 1. The van der Waals surface area contributed by atoms with Crippen LogP contribution in [0, 0.1) is 0 Å². The number of nitrogens with two attached hydrogens (primary N) is 1. The van der Waals surface area contributed by atoms with Crippen LogP contribution in [0.5, 0.6) is 0 Å². The molecule has 5 N–H and O–H groups in total. The van der Waals surface area contributed by atoms with Gasteiger partial charge in [0.05, 0.1) is 6.10 Å². The maximum absolute atomic E-state index is 10.9. The van der Waals surface area contributed by atoms with Gasteiger partial charge in [-0.1, -0.05) is 30.3 Å². The van der Waals surface area contributed by atoms with Gasteiger partial charge in [-0.25, -0.2) is 19.8 Å². The molecule has 13 heteroatoms. The van der Waals surface area contributed by atoms with Gasteiger partial charge in [0.2, 0.25) is 5.95 Å². The van der Waals surface area contributed by atoms with Crippen LogP contribution in [0.2, 0.25) is 0 Å². The van der Waals surface area contributed by atoms with Crippen LogP contribution < -0.4 is 11.1 Å². The summed E-state index contributed by atoms with van der Waals surface area (Å²) in [6.45, 7) is 1.84. The second kappa shape index (κ2) is 9.03. The van der Waals surface area contributed by atoms with Gasteiger partial charge < -0.3 is 20.9 Å². The number of anilines is 2. The molecule has 0 amide bonds. The van der Waals surface area contributed by atoms with Gasteiger partial charge in [-0.15, -0.1) is 0 Å². The minimum Gasteiger partial charge on any atom is -0.386 e. The summed E-state index contributed by atoms with van der Waals surface area (Å²) in [7, 11) is 2.08. The molecule has 1 unspecified atom stereocenters. The summed E-state index contributed by atoms with van der Waals surface area (Å²) in [5.41, 5.74) is 7.77.